The van der Waals surface area contributed by atoms with Gasteiger partial charge in [0.15, 0.2) is 5.96 Å². The third-order valence-corrected chi connectivity index (χ3v) is 2.76. The number of hydrogen-bond acceptors (Lipinski definition) is 3. The first kappa shape index (κ1) is 22.5. The maximum Gasteiger partial charge on any atom is 0.417 e. The zero-order chi connectivity index (χ0) is 17.1. The van der Waals surface area contributed by atoms with Gasteiger partial charge in [0.25, 0.3) is 0 Å². The van der Waals surface area contributed by atoms with Crippen molar-refractivity contribution in [3.63, 3.8) is 0 Å². The summed E-state index contributed by atoms with van der Waals surface area (Å²) >= 11 is 0. The van der Waals surface area contributed by atoms with Gasteiger partial charge in [0.1, 0.15) is 5.82 Å². The van der Waals surface area contributed by atoms with Crippen molar-refractivity contribution in [1.29, 1.82) is 0 Å². The highest BCUT2D eigenvalue weighted by molar-refractivity contribution is 14.0. The van der Waals surface area contributed by atoms with Crippen molar-refractivity contribution in [3.8, 4) is 0 Å². The van der Waals surface area contributed by atoms with Crippen molar-refractivity contribution in [2.75, 3.05) is 31.5 Å². The molecule has 0 aliphatic heterocycles. The quantitative estimate of drug-likeness (QED) is 0.185. The van der Waals surface area contributed by atoms with E-state index in [0.29, 0.717) is 31.4 Å². The molecule has 0 unspecified atom stereocenters. The summed E-state index contributed by atoms with van der Waals surface area (Å²) in [5, 5.41) is 9.15. The molecule has 24 heavy (non-hydrogen) atoms. The molecule has 0 aliphatic rings. The predicted molar refractivity (Wildman–Crippen MR) is 102 cm³/mol. The van der Waals surface area contributed by atoms with Gasteiger partial charge in [-0.1, -0.05) is 6.08 Å². The lowest BCUT2D eigenvalue weighted by molar-refractivity contribution is -0.137. The number of guanidine groups is 1. The van der Waals surface area contributed by atoms with E-state index in [1.165, 1.54) is 6.07 Å². The second-order valence-electron chi connectivity index (χ2n) is 4.64. The first-order chi connectivity index (χ1) is 11.0. The van der Waals surface area contributed by atoms with Gasteiger partial charge in [-0.05, 0) is 25.5 Å². The minimum atomic E-state index is -4.36. The summed E-state index contributed by atoms with van der Waals surface area (Å²) in [7, 11) is 0. The number of aliphatic imine (C=N–C) groups is 1. The molecular weight excluding hydrogens is 434 g/mol. The van der Waals surface area contributed by atoms with Gasteiger partial charge in [-0.15, -0.1) is 30.6 Å². The summed E-state index contributed by atoms with van der Waals surface area (Å²) in [5.41, 5.74) is -0.753. The van der Waals surface area contributed by atoms with Gasteiger partial charge < -0.3 is 16.0 Å². The van der Waals surface area contributed by atoms with Crippen LogP contribution in [-0.4, -0.2) is 37.1 Å². The molecule has 0 bridgehead atoms. The molecule has 0 atom stereocenters. The number of nitrogens with zero attached hydrogens (tertiary/aromatic N) is 2. The van der Waals surface area contributed by atoms with Crippen LogP contribution >= 0.6 is 24.0 Å². The van der Waals surface area contributed by atoms with E-state index in [2.05, 4.69) is 32.5 Å². The third kappa shape index (κ3) is 8.94. The lowest BCUT2D eigenvalue weighted by Gasteiger charge is -2.10. The van der Waals surface area contributed by atoms with Gasteiger partial charge in [0.05, 0.1) is 5.56 Å². The second kappa shape index (κ2) is 11.9. The van der Waals surface area contributed by atoms with E-state index in [4.69, 9.17) is 0 Å². The van der Waals surface area contributed by atoms with Crippen LogP contribution < -0.4 is 16.0 Å². The molecule has 3 N–H and O–H groups in total. The number of pyridine rings is 1. The Morgan fingerprint density at radius 1 is 1.33 bits per heavy atom. The molecule has 1 aromatic rings. The predicted octanol–water partition coefficient (Wildman–Crippen LogP) is 3.26. The van der Waals surface area contributed by atoms with Crippen LogP contribution in [0.2, 0.25) is 0 Å². The van der Waals surface area contributed by atoms with Crippen LogP contribution in [0, 0.1) is 0 Å². The summed E-state index contributed by atoms with van der Waals surface area (Å²) in [6, 6.07) is 2.33. The molecule has 0 fully saturated rings. The van der Waals surface area contributed by atoms with E-state index >= 15 is 0 Å². The molecule has 9 heteroatoms. The van der Waals surface area contributed by atoms with Gasteiger partial charge in [0, 0.05) is 32.4 Å². The topological polar surface area (TPSA) is 61.3 Å². The standard InChI is InChI=1S/C15H22F3N5.HI/c1-3-8-21-14(19-4-2)22-10-5-9-20-13-7-6-12(11-23-13)15(16,17)18;/h3,6-7,11H,1,4-5,8-10H2,2H3,(H,20,23)(H2,19,21,22);1H. The first-order valence-electron chi connectivity index (χ1n) is 7.37. The second-order valence-corrected chi connectivity index (χ2v) is 4.64. The summed E-state index contributed by atoms with van der Waals surface area (Å²) < 4.78 is 37.2. The van der Waals surface area contributed by atoms with E-state index in [9.17, 15) is 13.2 Å². The molecule has 1 aromatic heterocycles. The number of alkyl halides is 3. The molecule has 0 aromatic carbocycles. The van der Waals surface area contributed by atoms with Crippen LogP contribution in [0.5, 0.6) is 0 Å². The Kier molecular flexibility index (Phi) is 11.2. The number of hydrogen-bond donors (Lipinski definition) is 3. The van der Waals surface area contributed by atoms with Gasteiger partial charge in [-0.3, -0.25) is 4.99 Å². The average Bonchev–Trinajstić information content (AvgIpc) is 2.51. The first-order valence-corrected chi connectivity index (χ1v) is 7.37. The van der Waals surface area contributed by atoms with Gasteiger partial charge in [0.2, 0.25) is 0 Å². The lowest BCUT2D eigenvalue weighted by atomic mass is 10.3. The summed E-state index contributed by atoms with van der Waals surface area (Å²) in [6.45, 7) is 8.14. The van der Waals surface area contributed by atoms with Crippen LogP contribution in [-0.2, 0) is 6.18 Å². The lowest BCUT2D eigenvalue weighted by Crippen LogP contribution is -2.37. The Morgan fingerprint density at radius 3 is 2.62 bits per heavy atom. The van der Waals surface area contributed by atoms with Crippen molar-refractivity contribution in [2.24, 2.45) is 4.99 Å². The van der Waals surface area contributed by atoms with Gasteiger partial charge in [-0.25, -0.2) is 4.98 Å². The Balaban J connectivity index is 0.00000529. The summed E-state index contributed by atoms with van der Waals surface area (Å²) in [5.74, 6) is 1.12. The number of halogens is 4. The molecule has 0 spiro atoms. The summed E-state index contributed by atoms with van der Waals surface area (Å²) in [4.78, 5) is 8.11. The largest absolute Gasteiger partial charge is 0.417 e. The minimum Gasteiger partial charge on any atom is -0.370 e. The molecule has 0 saturated carbocycles. The molecule has 0 aliphatic carbocycles. The van der Waals surface area contributed by atoms with E-state index in [1.54, 1.807) is 6.08 Å². The Bertz CT molecular complexity index is 503. The molecule has 0 saturated heterocycles. The van der Waals surface area contributed by atoms with Crippen molar-refractivity contribution in [1.82, 2.24) is 15.6 Å². The van der Waals surface area contributed by atoms with Crippen molar-refractivity contribution in [2.45, 2.75) is 19.5 Å². The summed E-state index contributed by atoms with van der Waals surface area (Å²) in [6.07, 6.45) is -1.07. The van der Waals surface area contributed by atoms with E-state index in [0.717, 1.165) is 25.2 Å². The van der Waals surface area contributed by atoms with Crippen molar-refractivity contribution in [3.05, 3.63) is 36.5 Å². The number of anilines is 1. The molecule has 1 heterocycles. The van der Waals surface area contributed by atoms with Crippen LogP contribution in [0.1, 0.15) is 18.9 Å². The normalized spacial score (nSPS) is 11.4. The minimum absolute atomic E-state index is 0. The van der Waals surface area contributed by atoms with Crippen LogP contribution in [0.25, 0.3) is 0 Å². The maximum atomic E-state index is 12.4. The zero-order valence-electron chi connectivity index (χ0n) is 13.5. The Labute approximate surface area is 157 Å². The van der Waals surface area contributed by atoms with E-state index in [1.807, 2.05) is 6.92 Å². The fourth-order valence-corrected chi connectivity index (χ4v) is 1.66. The van der Waals surface area contributed by atoms with Crippen LogP contribution in [0.3, 0.4) is 0 Å². The van der Waals surface area contributed by atoms with Gasteiger partial charge >= 0.3 is 6.18 Å². The zero-order valence-corrected chi connectivity index (χ0v) is 15.8. The van der Waals surface area contributed by atoms with Crippen molar-refractivity contribution < 1.29 is 13.2 Å². The average molecular weight is 457 g/mol. The monoisotopic (exact) mass is 457 g/mol. The Hall–Kier alpha value is -1.52. The molecule has 1 rings (SSSR count). The molecule has 5 nitrogen and oxygen atoms in total. The fraction of sp³-hybridized carbons (Fsp3) is 0.467. The number of aromatic nitrogens is 1. The number of rotatable bonds is 8. The van der Waals surface area contributed by atoms with E-state index < -0.39 is 11.7 Å². The molecule has 0 radical (unpaired) electrons. The van der Waals surface area contributed by atoms with Crippen LogP contribution in [0.15, 0.2) is 36.0 Å². The van der Waals surface area contributed by atoms with Crippen LogP contribution in [0.4, 0.5) is 19.0 Å². The smallest absolute Gasteiger partial charge is 0.370 e. The van der Waals surface area contributed by atoms with Crippen molar-refractivity contribution >= 4 is 35.8 Å². The molecular formula is C15H23F3IN5. The highest BCUT2D eigenvalue weighted by atomic mass is 127. The Morgan fingerprint density at radius 2 is 2.08 bits per heavy atom. The third-order valence-electron chi connectivity index (χ3n) is 2.76. The maximum absolute atomic E-state index is 12.4. The number of nitrogens with one attached hydrogen (secondary N) is 3. The molecule has 136 valence electrons. The van der Waals surface area contributed by atoms with Gasteiger partial charge in [-0.2, -0.15) is 13.2 Å². The molecule has 0 amide bonds. The SMILES string of the molecule is C=CCNC(=NCCCNc1ccc(C(F)(F)F)cn1)NCC.I. The fourth-order valence-electron chi connectivity index (χ4n) is 1.66. The highest BCUT2D eigenvalue weighted by Crippen LogP contribution is 2.28. The van der Waals surface area contributed by atoms with E-state index in [-0.39, 0.29) is 24.0 Å². The highest BCUT2D eigenvalue weighted by Gasteiger charge is 2.30.